The van der Waals surface area contributed by atoms with Crippen LogP contribution in [0.25, 0.3) is 0 Å². The largest absolute Gasteiger partial charge is 0.385 e. The molecule has 1 fully saturated rings. The van der Waals surface area contributed by atoms with E-state index in [4.69, 9.17) is 0 Å². The van der Waals surface area contributed by atoms with Crippen LogP contribution in [0, 0.1) is 5.92 Å². The number of benzene rings is 1. The average molecular weight is 347 g/mol. The molecule has 0 aromatic heterocycles. The van der Waals surface area contributed by atoms with Crippen molar-refractivity contribution in [1.82, 2.24) is 10.2 Å². The van der Waals surface area contributed by atoms with Crippen LogP contribution >= 0.6 is 0 Å². The third kappa shape index (κ3) is 7.34. The molecule has 1 amide bonds. The van der Waals surface area contributed by atoms with Crippen molar-refractivity contribution in [3.63, 3.8) is 0 Å². The molecule has 0 spiro atoms. The maximum Gasteiger partial charge on any atom is 0.221 e. The summed E-state index contributed by atoms with van der Waals surface area (Å²) in [5.74, 6) is 0.969. The maximum atomic E-state index is 11.8. The first-order chi connectivity index (χ1) is 12.0. The molecule has 140 valence electrons. The normalized spacial score (nSPS) is 15.4. The van der Waals surface area contributed by atoms with Gasteiger partial charge in [0.15, 0.2) is 0 Å². The van der Waals surface area contributed by atoms with Gasteiger partial charge in [0, 0.05) is 44.0 Å². The van der Waals surface area contributed by atoms with E-state index in [0.29, 0.717) is 13.0 Å². The molecule has 1 aliphatic rings. The van der Waals surface area contributed by atoms with E-state index in [1.165, 1.54) is 18.5 Å². The number of anilines is 2. The summed E-state index contributed by atoms with van der Waals surface area (Å²) in [4.78, 5) is 16.4. The van der Waals surface area contributed by atoms with Crippen molar-refractivity contribution in [2.45, 2.75) is 32.6 Å². The molecule has 0 bridgehead atoms. The Labute approximate surface area is 152 Å². The molecule has 25 heavy (non-hydrogen) atoms. The van der Waals surface area contributed by atoms with Crippen LogP contribution < -0.4 is 15.5 Å². The average Bonchev–Trinajstić information content (AvgIpc) is 2.60. The Morgan fingerprint density at radius 3 is 2.48 bits per heavy atom. The lowest BCUT2D eigenvalue weighted by Crippen LogP contribution is -2.32. The molecule has 5 nitrogen and oxygen atoms in total. The summed E-state index contributed by atoms with van der Waals surface area (Å²) >= 11 is 0. The number of carbonyl (C=O) groups excluding carboxylic acids is 1. The first-order valence-electron chi connectivity index (χ1n) is 9.55. The SMILES string of the molecule is CC1CCN(c2ccc(NCCC(=O)NCCCN(C)C)cc2)CC1. The van der Waals surface area contributed by atoms with Crippen molar-refractivity contribution in [3.8, 4) is 0 Å². The van der Waals surface area contributed by atoms with Crippen LogP contribution in [0.2, 0.25) is 0 Å². The molecule has 2 N–H and O–H groups in total. The van der Waals surface area contributed by atoms with Gasteiger partial charge >= 0.3 is 0 Å². The van der Waals surface area contributed by atoms with Crippen molar-refractivity contribution < 1.29 is 4.79 Å². The molecular weight excluding hydrogens is 312 g/mol. The van der Waals surface area contributed by atoms with Crippen LogP contribution in [0.3, 0.4) is 0 Å². The molecule has 1 aliphatic heterocycles. The summed E-state index contributed by atoms with van der Waals surface area (Å²) in [6.07, 6.45) is 4.06. The van der Waals surface area contributed by atoms with Gasteiger partial charge in [-0.15, -0.1) is 0 Å². The predicted molar refractivity (Wildman–Crippen MR) is 106 cm³/mol. The van der Waals surface area contributed by atoms with Crippen molar-refractivity contribution in [1.29, 1.82) is 0 Å². The van der Waals surface area contributed by atoms with Crippen molar-refractivity contribution in [2.24, 2.45) is 5.92 Å². The molecule has 1 heterocycles. The number of nitrogens with one attached hydrogen (secondary N) is 2. The van der Waals surface area contributed by atoms with Gasteiger partial charge in [0.1, 0.15) is 0 Å². The molecule has 1 aromatic rings. The smallest absolute Gasteiger partial charge is 0.221 e. The number of hydrogen-bond acceptors (Lipinski definition) is 4. The second-order valence-corrected chi connectivity index (χ2v) is 7.40. The monoisotopic (exact) mass is 346 g/mol. The number of piperidine rings is 1. The fourth-order valence-electron chi connectivity index (χ4n) is 3.09. The Balaban J connectivity index is 1.63. The summed E-state index contributed by atoms with van der Waals surface area (Å²) in [5, 5.41) is 6.30. The third-order valence-corrected chi connectivity index (χ3v) is 4.80. The highest BCUT2D eigenvalue weighted by atomic mass is 16.1. The van der Waals surface area contributed by atoms with E-state index < -0.39 is 0 Å². The third-order valence-electron chi connectivity index (χ3n) is 4.80. The molecule has 5 heteroatoms. The summed E-state index contributed by atoms with van der Waals surface area (Å²) in [7, 11) is 4.09. The van der Waals surface area contributed by atoms with Gasteiger partial charge in [-0.1, -0.05) is 6.92 Å². The highest BCUT2D eigenvalue weighted by Gasteiger charge is 2.15. The highest BCUT2D eigenvalue weighted by molar-refractivity contribution is 5.76. The first kappa shape index (κ1) is 19.6. The van der Waals surface area contributed by atoms with Crippen molar-refractivity contribution >= 4 is 17.3 Å². The number of hydrogen-bond donors (Lipinski definition) is 2. The van der Waals surface area contributed by atoms with Gasteiger partial charge in [-0.05, 0) is 70.1 Å². The molecule has 1 saturated heterocycles. The van der Waals surface area contributed by atoms with E-state index in [1.807, 2.05) is 14.1 Å². The van der Waals surface area contributed by atoms with Gasteiger partial charge in [-0.2, -0.15) is 0 Å². The summed E-state index contributed by atoms with van der Waals surface area (Å²) in [6, 6.07) is 8.59. The second-order valence-electron chi connectivity index (χ2n) is 7.40. The number of rotatable bonds is 9. The van der Waals surface area contributed by atoms with Crippen LogP contribution in [0.15, 0.2) is 24.3 Å². The van der Waals surface area contributed by atoms with Gasteiger partial charge in [-0.3, -0.25) is 4.79 Å². The molecular formula is C20H34N4O. The zero-order valence-electron chi connectivity index (χ0n) is 16.1. The fourth-order valence-corrected chi connectivity index (χ4v) is 3.09. The van der Waals surface area contributed by atoms with E-state index in [-0.39, 0.29) is 5.91 Å². The van der Waals surface area contributed by atoms with E-state index in [1.54, 1.807) is 0 Å². The predicted octanol–water partition coefficient (Wildman–Crippen LogP) is 2.79. The Morgan fingerprint density at radius 1 is 1.16 bits per heavy atom. The van der Waals surface area contributed by atoms with E-state index in [2.05, 4.69) is 51.6 Å². The Hall–Kier alpha value is -1.75. The van der Waals surface area contributed by atoms with Gasteiger partial charge in [0.05, 0.1) is 0 Å². The Kier molecular flexibility index (Phi) is 8.06. The highest BCUT2D eigenvalue weighted by Crippen LogP contribution is 2.24. The number of carbonyl (C=O) groups is 1. The first-order valence-corrected chi connectivity index (χ1v) is 9.55. The standard InChI is InChI=1S/C20H34N4O/c1-17-10-15-24(16-11-17)19-7-5-18(6-8-19)21-13-9-20(25)22-12-4-14-23(2)3/h5-8,17,21H,4,9-16H2,1-3H3,(H,22,25). The van der Waals surface area contributed by atoms with Crippen LogP contribution in [0.5, 0.6) is 0 Å². The minimum absolute atomic E-state index is 0.116. The molecule has 0 atom stereocenters. The quantitative estimate of drug-likeness (QED) is 0.675. The maximum absolute atomic E-state index is 11.8. The Bertz CT molecular complexity index is 507. The van der Waals surface area contributed by atoms with E-state index >= 15 is 0 Å². The topological polar surface area (TPSA) is 47.6 Å². The summed E-state index contributed by atoms with van der Waals surface area (Å²) < 4.78 is 0. The summed E-state index contributed by atoms with van der Waals surface area (Å²) in [6.45, 7) is 7.06. The molecule has 2 rings (SSSR count). The van der Waals surface area contributed by atoms with Crippen LogP contribution in [0.4, 0.5) is 11.4 Å². The van der Waals surface area contributed by atoms with E-state index in [0.717, 1.165) is 44.2 Å². The van der Waals surface area contributed by atoms with Crippen LogP contribution in [-0.2, 0) is 4.79 Å². The van der Waals surface area contributed by atoms with Crippen molar-refractivity contribution in [3.05, 3.63) is 24.3 Å². The lowest BCUT2D eigenvalue weighted by Gasteiger charge is -2.32. The zero-order chi connectivity index (χ0) is 18.1. The van der Waals surface area contributed by atoms with Crippen LogP contribution in [0.1, 0.15) is 32.6 Å². The zero-order valence-corrected chi connectivity index (χ0v) is 16.1. The van der Waals surface area contributed by atoms with Gasteiger partial charge in [-0.25, -0.2) is 0 Å². The second kappa shape index (κ2) is 10.3. The van der Waals surface area contributed by atoms with E-state index in [9.17, 15) is 4.79 Å². The van der Waals surface area contributed by atoms with Gasteiger partial charge < -0.3 is 20.4 Å². The molecule has 0 radical (unpaired) electrons. The number of amides is 1. The molecule has 0 aliphatic carbocycles. The summed E-state index contributed by atoms with van der Waals surface area (Å²) in [5.41, 5.74) is 2.38. The van der Waals surface area contributed by atoms with Crippen molar-refractivity contribution in [2.75, 3.05) is 57.0 Å². The van der Waals surface area contributed by atoms with Gasteiger partial charge in [0.2, 0.25) is 5.91 Å². The lowest BCUT2D eigenvalue weighted by atomic mass is 9.99. The molecule has 0 saturated carbocycles. The van der Waals surface area contributed by atoms with Gasteiger partial charge in [0.25, 0.3) is 0 Å². The fraction of sp³-hybridized carbons (Fsp3) is 0.650. The number of nitrogens with zero attached hydrogens (tertiary/aromatic N) is 2. The molecule has 0 unspecified atom stereocenters. The lowest BCUT2D eigenvalue weighted by molar-refractivity contribution is -0.120. The minimum atomic E-state index is 0.116. The van der Waals surface area contributed by atoms with Crippen LogP contribution in [-0.4, -0.2) is 57.6 Å². The Morgan fingerprint density at radius 2 is 1.84 bits per heavy atom. The molecule has 1 aromatic carbocycles. The minimum Gasteiger partial charge on any atom is -0.385 e.